The number of amides is 1. The number of likely N-dealkylation sites (tertiary alicyclic amines) is 1. The van der Waals surface area contributed by atoms with Crippen molar-refractivity contribution in [1.82, 2.24) is 4.90 Å². The monoisotopic (exact) mass is 324 g/mol. The summed E-state index contributed by atoms with van der Waals surface area (Å²) in [4.78, 5) is 25.8. The van der Waals surface area contributed by atoms with Crippen LogP contribution in [0.5, 0.6) is 0 Å². The highest BCUT2D eigenvalue weighted by Gasteiger charge is 2.26. The predicted octanol–water partition coefficient (Wildman–Crippen LogP) is 2.80. The molecule has 1 atom stereocenters. The molecule has 24 heavy (non-hydrogen) atoms. The minimum Gasteiger partial charge on any atom is -0.465 e. The molecule has 0 saturated carbocycles. The van der Waals surface area contributed by atoms with Gasteiger partial charge in [0, 0.05) is 30.4 Å². The molecule has 1 aliphatic heterocycles. The Hall–Kier alpha value is -2.82. The van der Waals surface area contributed by atoms with E-state index in [1.165, 1.54) is 7.11 Å². The molecule has 0 bridgehead atoms. The van der Waals surface area contributed by atoms with Crippen molar-refractivity contribution in [1.29, 1.82) is 0 Å². The second-order valence-corrected chi connectivity index (χ2v) is 5.82. The molecule has 1 saturated heterocycles. The molecule has 0 aliphatic carbocycles. The first kappa shape index (κ1) is 16.1. The van der Waals surface area contributed by atoms with Gasteiger partial charge < -0.3 is 15.0 Å². The van der Waals surface area contributed by atoms with Gasteiger partial charge in [-0.25, -0.2) is 4.79 Å². The van der Waals surface area contributed by atoms with E-state index in [4.69, 9.17) is 0 Å². The van der Waals surface area contributed by atoms with E-state index in [1.807, 2.05) is 47.4 Å². The molecule has 0 radical (unpaired) electrons. The number of esters is 1. The van der Waals surface area contributed by atoms with Crippen molar-refractivity contribution in [3.8, 4) is 0 Å². The Kier molecular flexibility index (Phi) is 4.79. The first-order chi connectivity index (χ1) is 11.7. The molecular weight excluding hydrogens is 304 g/mol. The lowest BCUT2D eigenvalue weighted by atomic mass is 10.2. The number of hydrogen-bond donors (Lipinski definition) is 1. The van der Waals surface area contributed by atoms with Gasteiger partial charge in [-0.3, -0.25) is 4.79 Å². The topological polar surface area (TPSA) is 58.6 Å². The van der Waals surface area contributed by atoms with Crippen molar-refractivity contribution < 1.29 is 14.3 Å². The van der Waals surface area contributed by atoms with Crippen LogP contribution in [0.4, 0.5) is 5.69 Å². The second-order valence-electron chi connectivity index (χ2n) is 5.82. The van der Waals surface area contributed by atoms with Gasteiger partial charge in [0.15, 0.2) is 0 Å². The average Bonchev–Trinajstić information content (AvgIpc) is 3.10. The summed E-state index contributed by atoms with van der Waals surface area (Å²) >= 11 is 0. The smallest absolute Gasteiger partial charge is 0.337 e. The predicted molar refractivity (Wildman–Crippen MR) is 92.2 cm³/mol. The summed E-state index contributed by atoms with van der Waals surface area (Å²) in [6.07, 6.45) is 0.900. The van der Waals surface area contributed by atoms with Crippen molar-refractivity contribution in [2.24, 2.45) is 0 Å². The average molecular weight is 324 g/mol. The van der Waals surface area contributed by atoms with Crippen LogP contribution in [0, 0.1) is 0 Å². The molecule has 2 aromatic carbocycles. The van der Waals surface area contributed by atoms with Crippen LogP contribution in [0.3, 0.4) is 0 Å². The van der Waals surface area contributed by atoms with E-state index in [0.717, 1.165) is 24.2 Å². The van der Waals surface area contributed by atoms with Gasteiger partial charge in [-0.2, -0.15) is 0 Å². The van der Waals surface area contributed by atoms with Gasteiger partial charge in [0.05, 0.1) is 12.7 Å². The molecule has 1 amide bonds. The van der Waals surface area contributed by atoms with Crippen LogP contribution in [0.25, 0.3) is 0 Å². The van der Waals surface area contributed by atoms with E-state index in [9.17, 15) is 9.59 Å². The molecule has 0 aromatic heterocycles. The fourth-order valence-electron chi connectivity index (χ4n) is 2.88. The third-order valence-electron chi connectivity index (χ3n) is 4.17. The number of nitrogens with one attached hydrogen (secondary N) is 1. The van der Waals surface area contributed by atoms with Crippen LogP contribution in [-0.4, -0.2) is 43.0 Å². The molecule has 124 valence electrons. The molecule has 5 nitrogen and oxygen atoms in total. The Balaban J connectivity index is 1.58. The molecule has 1 fully saturated rings. The van der Waals surface area contributed by atoms with Crippen LogP contribution < -0.4 is 5.32 Å². The first-order valence-electron chi connectivity index (χ1n) is 7.96. The number of benzene rings is 2. The fourth-order valence-corrected chi connectivity index (χ4v) is 2.88. The van der Waals surface area contributed by atoms with Crippen LogP contribution in [0.2, 0.25) is 0 Å². The molecule has 1 aliphatic rings. The zero-order chi connectivity index (χ0) is 16.9. The maximum atomic E-state index is 12.4. The van der Waals surface area contributed by atoms with E-state index >= 15 is 0 Å². The largest absolute Gasteiger partial charge is 0.465 e. The summed E-state index contributed by atoms with van der Waals surface area (Å²) < 4.78 is 4.69. The standard InChI is InChI=1S/C19H20N2O3/c1-24-19(23)15-7-9-16(10-8-15)20-17-11-12-21(13-17)18(22)14-5-3-2-4-6-14/h2-10,17,20H,11-13H2,1H3. The Bertz CT molecular complexity index is 713. The normalized spacial score (nSPS) is 16.7. The minimum atomic E-state index is -0.345. The fraction of sp³-hybridized carbons (Fsp3) is 0.263. The number of carbonyl (C=O) groups is 2. The van der Waals surface area contributed by atoms with Gasteiger partial charge in [0.1, 0.15) is 0 Å². The van der Waals surface area contributed by atoms with E-state index in [0.29, 0.717) is 12.1 Å². The summed E-state index contributed by atoms with van der Waals surface area (Å²) in [6.45, 7) is 1.41. The summed E-state index contributed by atoms with van der Waals surface area (Å²) in [5.74, 6) is -0.275. The zero-order valence-electron chi connectivity index (χ0n) is 13.6. The lowest BCUT2D eigenvalue weighted by Crippen LogP contribution is -2.31. The molecule has 1 unspecified atom stereocenters. The number of nitrogens with zero attached hydrogens (tertiary/aromatic N) is 1. The van der Waals surface area contributed by atoms with Crippen molar-refractivity contribution in [2.45, 2.75) is 12.5 Å². The maximum Gasteiger partial charge on any atom is 0.337 e. The SMILES string of the molecule is COC(=O)c1ccc(NC2CCN(C(=O)c3ccccc3)C2)cc1. The Morgan fingerprint density at radius 2 is 1.75 bits per heavy atom. The summed E-state index contributed by atoms with van der Waals surface area (Å²) in [6, 6.07) is 16.7. The lowest BCUT2D eigenvalue weighted by Gasteiger charge is -2.18. The van der Waals surface area contributed by atoms with Crippen LogP contribution in [0.1, 0.15) is 27.1 Å². The van der Waals surface area contributed by atoms with Crippen molar-refractivity contribution >= 4 is 17.6 Å². The number of rotatable bonds is 4. The molecule has 2 aromatic rings. The zero-order valence-corrected chi connectivity index (χ0v) is 13.6. The van der Waals surface area contributed by atoms with E-state index < -0.39 is 0 Å². The summed E-state index contributed by atoms with van der Waals surface area (Å²) in [5, 5.41) is 3.42. The third kappa shape index (κ3) is 3.56. The number of anilines is 1. The van der Waals surface area contributed by atoms with Gasteiger partial charge >= 0.3 is 5.97 Å². The molecule has 0 spiro atoms. The first-order valence-corrected chi connectivity index (χ1v) is 7.96. The number of hydrogen-bond acceptors (Lipinski definition) is 4. The maximum absolute atomic E-state index is 12.4. The Labute approximate surface area is 141 Å². The number of carbonyl (C=O) groups excluding carboxylic acids is 2. The van der Waals surface area contributed by atoms with Crippen LogP contribution in [-0.2, 0) is 4.74 Å². The van der Waals surface area contributed by atoms with Gasteiger partial charge in [0.25, 0.3) is 5.91 Å². The number of ether oxygens (including phenoxy) is 1. The van der Waals surface area contributed by atoms with E-state index in [2.05, 4.69) is 10.1 Å². The highest BCUT2D eigenvalue weighted by molar-refractivity contribution is 5.94. The van der Waals surface area contributed by atoms with Crippen molar-refractivity contribution in [3.05, 3.63) is 65.7 Å². The summed E-state index contributed by atoms with van der Waals surface area (Å²) in [5.41, 5.74) is 2.18. The van der Waals surface area contributed by atoms with E-state index in [-0.39, 0.29) is 17.9 Å². The Morgan fingerprint density at radius 1 is 1.04 bits per heavy atom. The van der Waals surface area contributed by atoms with Crippen molar-refractivity contribution in [2.75, 3.05) is 25.5 Å². The highest BCUT2D eigenvalue weighted by atomic mass is 16.5. The van der Waals surface area contributed by atoms with Crippen LogP contribution in [0.15, 0.2) is 54.6 Å². The molecule has 3 rings (SSSR count). The molecule has 1 N–H and O–H groups in total. The highest BCUT2D eigenvalue weighted by Crippen LogP contribution is 2.18. The van der Waals surface area contributed by atoms with Gasteiger partial charge in [-0.05, 0) is 42.8 Å². The van der Waals surface area contributed by atoms with Gasteiger partial charge in [0.2, 0.25) is 0 Å². The van der Waals surface area contributed by atoms with Crippen LogP contribution >= 0.6 is 0 Å². The summed E-state index contributed by atoms with van der Waals surface area (Å²) in [7, 11) is 1.37. The third-order valence-corrected chi connectivity index (χ3v) is 4.17. The molecule has 5 heteroatoms. The second kappa shape index (κ2) is 7.17. The van der Waals surface area contributed by atoms with E-state index in [1.54, 1.807) is 12.1 Å². The lowest BCUT2D eigenvalue weighted by molar-refractivity contribution is 0.0600. The molecular formula is C19H20N2O3. The van der Waals surface area contributed by atoms with Crippen molar-refractivity contribution in [3.63, 3.8) is 0 Å². The minimum absolute atomic E-state index is 0.0703. The number of methoxy groups -OCH3 is 1. The quantitative estimate of drug-likeness (QED) is 0.879. The van der Waals surface area contributed by atoms with Gasteiger partial charge in [-0.15, -0.1) is 0 Å². The van der Waals surface area contributed by atoms with Gasteiger partial charge in [-0.1, -0.05) is 18.2 Å². The molecule has 1 heterocycles. The Morgan fingerprint density at radius 3 is 2.42 bits per heavy atom.